The Morgan fingerprint density at radius 2 is 0.646 bits per heavy atom. The lowest BCUT2D eigenvalue weighted by Gasteiger charge is -2.18. The van der Waals surface area contributed by atoms with Gasteiger partial charge in [0.15, 0.2) is 6.10 Å². The molecule has 0 saturated carbocycles. The molecule has 0 heterocycles. The first-order valence-electron chi connectivity index (χ1n) is 26.4. The minimum atomic E-state index is -0.813. The van der Waals surface area contributed by atoms with Crippen molar-refractivity contribution in [1.82, 2.24) is 0 Å². The van der Waals surface area contributed by atoms with Crippen LogP contribution < -0.4 is 0 Å². The number of carbonyl (C=O) groups is 3. The quantitative estimate of drug-likeness (QED) is 0.0262. The van der Waals surface area contributed by atoms with Gasteiger partial charge in [0.2, 0.25) is 0 Å². The zero-order valence-corrected chi connectivity index (χ0v) is 42.0. The molecule has 0 saturated heterocycles. The fourth-order valence-electron chi connectivity index (χ4n) is 6.78. The molecule has 0 aromatic heterocycles. The minimum Gasteiger partial charge on any atom is -0.462 e. The van der Waals surface area contributed by atoms with Gasteiger partial charge in [0.1, 0.15) is 13.2 Å². The molecule has 6 heteroatoms. The number of hydrogen-bond acceptors (Lipinski definition) is 6. The fourth-order valence-corrected chi connectivity index (χ4v) is 6.78. The molecule has 65 heavy (non-hydrogen) atoms. The number of hydrogen-bond donors (Lipinski definition) is 0. The van der Waals surface area contributed by atoms with Gasteiger partial charge in [-0.25, -0.2) is 0 Å². The van der Waals surface area contributed by atoms with Crippen LogP contribution in [0.2, 0.25) is 0 Å². The van der Waals surface area contributed by atoms with Crippen LogP contribution in [0.5, 0.6) is 0 Å². The lowest BCUT2D eigenvalue weighted by atomic mass is 10.1. The van der Waals surface area contributed by atoms with E-state index in [-0.39, 0.29) is 37.5 Å². The van der Waals surface area contributed by atoms with Crippen LogP contribution >= 0.6 is 0 Å². The van der Waals surface area contributed by atoms with Crippen molar-refractivity contribution in [3.05, 3.63) is 109 Å². The van der Waals surface area contributed by atoms with E-state index in [2.05, 4.69) is 130 Å². The summed E-state index contributed by atoms with van der Waals surface area (Å²) in [5.74, 6) is -0.994. The maximum Gasteiger partial charge on any atom is 0.306 e. The summed E-state index contributed by atoms with van der Waals surface area (Å²) in [6, 6.07) is 0. The van der Waals surface area contributed by atoms with Crippen LogP contribution in [0.15, 0.2) is 109 Å². The zero-order valence-electron chi connectivity index (χ0n) is 42.0. The molecule has 0 aromatic carbocycles. The third-order valence-electron chi connectivity index (χ3n) is 10.7. The van der Waals surface area contributed by atoms with Crippen LogP contribution in [0, 0.1) is 0 Å². The summed E-state index contributed by atoms with van der Waals surface area (Å²) in [4.78, 5) is 38.0. The summed E-state index contributed by atoms with van der Waals surface area (Å²) >= 11 is 0. The number of rotatable bonds is 46. The van der Waals surface area contributed by atoms with Gasteiger partial charge in [-0.05, 0) is 116 Å². The summed E-state index contributed by atoms with van der Waals surface area (Å²) in [7, 11) is 0. The Labute approximate surface area is 400 Å². The lowest BCUT2D eigenvalue weighted by Crippen LogP contribution is -2.30. The van der Waals surface area contributed by atoms with Crippen LogP contribution in [0.1, 0.15) is 226 Å². The summed E-state index contributed by atoms with van der Waals surface area (Å²) < 4.78 is 16.7. The molecule has 6 nitrogen and oxygen atoms in total. The Balaban J connectivity index is 4.52. The molecule has 1 atom stereocenters. The van der Waals surface area contributed by atoms with Crippen molar-refractivity contribution in [3.8, 4) is 0 Å². The van der Waals surface area contributed by atoms with Gasteiger partial charge in [-0.3, -0.25) is 14.4 Å². The number of allylic oxidation sites excluding steroid dienone is 18. The molecule has 1 unspecified atom stereocenters. The molecule has 0 spiro atoms. The Bertz CT molecular complexity index is 1360. The van der Waals surface area contributed by atoms with Gasteiger partial charge in [-0.2, -0.15) is 0 Å². The van der Waals surface area contributed by atoms with Crippen molar-refractivity contribution in [2.45, 2.75) is 232 Å². The van der Waals surface area contributed by atoms with Gasteiger partial charge < -0.3 is 14.2 Å². The predicted molar refractivity (Wildman–Crippen MR) is 279 cm³/mol. The number of esters is 3. The molecule has 0 aliphatic heterocycles. The molecular formula is C59H96O6. The molecule has 0 amide bonds. The van der Waals surface area contributed by atoms with Gasteiger partial charge in [0.05, 0.1) is 0 Å². The number of ether oxygens (including phenoxy) is 3. The largest absolute Gasteiger partial charge is 0.462 e. The Morgan fingerprint density at radius 3 is 1.06 bits per heavy atom. The zero-order chi connectivity index (χ0) is 47.2. The van der Waals surface area contributed by atoms with Gasteiger partial charge in [0, 0.05) is 19.3 Å². The van der Waals surface area contributed by atoms with Gasteiger partial charge in [-0.15, -0.1) is 0 Å². The summed E-state index contributed by atoms with van der Waals surface area (Å²) in [5.41, 5.74) is 0. The monoisotopic (exact) mass is 901 g/mol. The van der Waals surface area contributed by atoms with E-state index in [1.54, 1.807) is 0 Å². The molecule has 0 fully saturated rings. The van der Waals surface area contributed by atoms with Crippen molar-refractivity contribution in [2.24, 2.45) is 0 Å². The van der Waals surface area contributed by atoms with E-state index in [9.17, 15) is 14.4 Å². The third-order valence-corrected chi connectivity index (χ3v) is 10.7. The average Bonchev–Trinajstić information content (AvgIpc) is 3.30. The Kier molecular flexibility index (Phi) is 49.5. The second-order valence-electron chi connectivity index (χ2n) is 17.0. The standard InChI is InChI=1S/C59H96O6/c1-4-7-10-13-16-19-22-25-27-29-31-34-37-40-43-46-49-52-58(61)64-55-56(54-63-57(60)51-48-45-42-39-36-33-24-21-18-15-12-9-6-3)65-59(62)53-50-47-44-41-38-35-32-30-28-26-23-20-17-14-11-8-5-2/h7,10,12,15-17,19-21,24-28,31,34,40,43,56H,4-6,8-9,11,13-14,18,22-23,29-30,32-33,35-39,41-42,44-55H2,1-3H3/b10-7-,15-12-,19-16-,20-17-,24-21-,27-25-,28-26-,34-31-,43-40-. The SMILES string of the molecule is CC/C=C\C/C=C\C/C=C\C/C=C\C/C=C\CCCC(=O)OCC(COC(=O)CCCCCCC/C=C\C/C=C\CCC)OC(=O)CCCCCCCCC/C=C\C/C=C\CCCCC. The highest BCUT2D eigenvalue weighted by Crippen LogP contribution is 2.13. The van der Waals surface area contributed by atoms with Crippen molar-refractivity contribution in [3.63, 3.8) is 0 Å². The van der Waals surface area contributed by atoms with Crippen LogP contribution in [0.4, 0.5) is 0 Å². The van der Waals surface area contributed by atoms with Crippen LogP contribution in [0.25, 0.3) is 0 Å². The van der Waals surface area contributed by atoms with E-state index >= 15 is 0 Å². The first-order chi connectivity index (χ1) is 32.0. The van der Waals surface area contributed by atoms with Gasteiger partial charge in [0.25, 0.3) is 0 Å². The first-order valence-corrected chi connectivity index (χ1v) is 26.4. The maximum absolute atomic E-state index is 12.8. The van der Waals surface area contributed by atoms with Crippen molar-refractivity contribution in [1.29, 1.82) is 0 Å². The van der Waals surface area contributed by atoms with E-state index < -0.39 is 6.10 Å². The van der Waals surface area contributed by atoms with Crippen molar-refractivity contribution in [2.75, 3.05) is 13.2 Å². The minimum absolute atomic E-state index is 0.108. The lowest BCUT2D eigenvalue weighted by molar-refractivity contribution is -0.167. The molecule has 0 rings (SSSR count). The van der Waals surface area contributed by atoms with E-state index in [1.165, 1.54) is 57.8 Å². The Morgan fingerprint density at radius 1 is 0.323 bits per heavy atom. The topological polar surface area (TPSA) is 78.9 Å². The van der Waals surface area contributed by atoms with Crippen molar-refractivity contribution < 1.29 is 28.6 Å². The molecular weight excluding hydrogens is 805 g/mol. The average molecular weight is 901 g/mol. The van der Waals surface area contributed by atoms with Crippen LogP contribution in [-0.2, 0) is 28.6 Å². The summed E-state index contributed by atoms with van der Waals surface area (Å²) in [6.45, 7) is 6.36. The molecule has 0 radical (unpaired) electrons. The summed E-state index contributed by atoms with van der Waals surface area (Å²) in [5, 5.41) is 0. The molecule has 0 bridgehead atoms. The molecule has 0 aliphatic carbocycles. The third kappa shape index (κ3) is 50.9. The highest BCUT2D eigenvalue weighted by atomic mass is 16.6. The highest BCUT2D eigenvalue weighted by Gasteiger charge is 2.19. The number of carbonyl (C=O) groups excluding carboxylic acids is 3. The second-order valence-corrected chi connectivity index (χ2v) is 17.0. The predicted octanol–water partition coefficient (Wildman–Crippen LogP) is 17.5. The van der Waals surface area contributed by atoms with Crippen molar-refractivity contribution >= 4 is 17.9 Å². The number of unbranched alkanes of at least 4 members (excludes halogenated alkanes) is 17. The van der Waals surface area contributed by atoms with E-state index in [4.69, 9.17) is 14.2 Å². The highest BCUT2D eigenvalue weighted by molar-refractivity contribution is 5.71. The van der Waals surface area contributed by atoms with E-state index in [0.717, 1.165) is 122 Å². The van der Waals surface area contributed by atoms with Gasteiger partial charge >= 0.3 is 17.9 Å². The normalized spacial score (nSPS) is 13.0. The second kappa shape index (κ2) is 52.7. The first kappa shape index (κ1) is 61.1. The molecule has 0 N–H and O–H groups in total. The summed E-state index contributed by atoms with van der Waals surface area (Å²) in [6.07, 6.45) is 70.7. The molecule has 368 valence electrons. The van der Waals surface area contributed by atoms with E-state index in [0.29, 0.717) is 19.3 Å². The Hall–Kier alpha value is -3.93. The fraction of sp³-hybridized carbons (Fsp3) is 0.644. The molecule has 0 aromatic rings. The maximum atomic E-state index is 12.8. The van der Waals surface area contributed by atoms with Crippen LogP contribution in [0.3, 0.4) is 0 Å². The van der Waals surface area contributed by atoms with Crippen LogP contribution in [-0.4, -0.2) is 37.2 Å². The van der Waals surface area contributed by atoms with E-state index in [1.807, 2.05) is 0 Å². The molecule has 0 aliphatic rings. The smallest absolute Gasteiger partial charge is 0.306 e. The van der Waals surface area contributed by atoms with Gasteiger partial charge in [-0.1, -0.05) is 201 Å².